The van der Waals surface area contributed by atoms with Crippen LogP contribution in [0.5, 0.6) is 0 Å². The second-order valence-electron chi connectivity index (χ2n) is 5.08. The first kappa shape index (κ1) is 17.0. The quantitative estimate of drug-likeness (QED) is 0.201. The molecule has 1 heteroatoms. The van der Waals surface area contributed by atoms with Crippen LogP contribution in [-0.4, -0.2) is 5.38 Å². The summed E-state index contributed by atoms with van der Waals surface area (Å²) in [4.78, 5) is 0. The van der Waals surface area contributed by atoms with Gasteiger partial charge in [0.1, 0.15) is 0 Å². The van der Waals surface area contributed by atoms with Gasteiger partial charge in [0, 0.05) is 5.38 Å². The van der Waals surface area contributed by atoms with Gasteiger partial charge in [0.05, 0.1) is 0 Å². The Morgan fingerprint density at radius 1 is 0.882 bits per heavy atom. The van der Waals surface area contributed by atoms with E-state index in [0.717, 1.165) is 0 Å². The third-order valence-corrected chi connectivity index (χ3v) is 3.73. The zero-order valence-electron chi connectivity index (χ0n) is 11.7. The van der Waals surface area contributed by atoms with Gasteiger partial charge in [0.15, 0.2) is 0 Å². The average molecular weight is 259 g/mol. The molecule has 0 aromatic rings. The van der Waals surface area contributed by atoms with E-state index in [4.69, 9.17) is 11.6 Å². The molecule has 0 amide bonds. The molecule has 0 radical (unpaired) electrons. The van der Waals surface area contributed by atoms with Crippen LogP contribution in [0.1, 0.15) is 84.0 Å². The zero-order chi connectivity index (χ0) is 12.8. The lowest BCUT2D eigenvalue weighted by molar-refractivity contribution is 0.548. The van der Waals surface area contributed by atoms with Gasteiger partial charge >= 0.3 is 0 Å². The summed E-state index contributed by atoms with van der Waals surface area (Å²) in [5.74, 6) is 0. The summed E-state index contributed by atoms with van der Waals surface area (Å²) in [5.41, 5.74) is 0. The standard InChI is InChI=1S/C16H31Cl/c1-3-5-7-8-9-10-11-12-13-15-16(17)14-6-4-2/h3,16H,1,4-15H2,2H3. The fourth-order valence-electron chi connectivity index (χ4n) is 2.11. The van der Waals surface area contributed by atoms with Crippen molar-refractivity contribution in [2.45, 2.75) is 89.4 Å². The Balaban J connectivity index is 3.04. The number of alkyl halides is 1. The Morgan fingerprint density at radius 3 is 2.00 bits per heavy atom. The van der Waals surface area contributed by atoms with Crippen LogP contribution < -0.4 is 0 Å². The summed E-state index contributed by atoms with van der Waals surface area (Å²) >= 11 is 6.25. The molecule has 0 aromatic heterocycles. The van der Waals surface area contributed by atoms with Crippen LogP contribution in [0.2, 0.25) is 0 Å². The average Bonchev–Trinajstić information content (AvgIpc) is 2.34. The summed E-state index contributed by atoms with van der Waals surface area (Å²) in [6, 6.07) is 0. The van der Waals surface area contributed by atoms with Crippen molar-refractivity contribution < 1.29 is 0 Å². The van der Waals surface area contributed by atoms with Crippen LogP contribution in [0.3, 0.4) is 0 Å². The summed E-state index contributed by atoms with van der Waals surface area (Å²) in [5, 5.41) is 0.433. The molecule has 17 heavy (non-hydrogen) atoms. The van der Waals surface area contributed by atoms with Crippen LogP contribution in [0.4, 0.5) is 0 Å². The number of unbranched alkanes of at least 4 members (excludes halogenated alkanes) is 8. The predicted molar refractivity (Wildman–Crippen MR) is 80.9 cm³/mol. The summed E-state index contributed by atoms with van der Waals surface area (Å²) < 4.78 is 0. The van der Waals surface area contributed by atoms with Gasteiger partial charge < -0.3 is 0 Å². The number of allylic oxidation sites excluding steroid dienone is 1. The van der Waals surface area contributed by atoms with Crippen molar-refractivity contribution in [3.63, 3.8) is 0 Å². The molecule has 0 spiro atoms. The number of hydrogen-bond donors (Lipinski definition) is 0. The third kappa shape index (κ3) is 14.0. The minimum absolute atomic E-state index is 0.433. The lowest BCUT2D eigenvalue weighted by Gasteiger charge is -2.08. The second-order valence-corrected chi connectivity index (χ2v) is 5.70. The molecular weight excluding hydrogens is 228 g/mol. The van der Waals surface area contributed by atoms with E-state index in [1.807, 2.05) is 6.08 Å². The minimum atomic E-state index is 0.433. The highest BCUT2D eigenvalue weighted by molar-refractivity contribution is 6.20. The normalized spacial score (nSPS) is 12.6. The van der Waals surface area contributed by atoms with Crippen molar-refractivity contribution in [1.29, 1.82) is 0 Å². The monoisotopic (exact) mass is 258 g/mol. The van der Waals surface area contributed by atoms with E-state index < -0.39 is 0 Å². The van der Waals surface area contributed by atoms with Gasteiger partial charge in [-0.3, -0.25) is 0 Å². The smallest absolute Gasteiger partial charge is 0.0336 e. The van der Waals surface area contributed by atoms with Gasteiger partial charge in [-0.2, -0.15) is 0 Å². The Kier molecular flexibility index (Phi) is 14.1. The largest absolute Gasteiger partial charge is 0.123 e. The van der Waals surface area contributed by atoms with Gasteiger partial charge in [-0.25, -0.2) is 0 Å². The van der Waals surface area contributed by atoms with Crippen LogP contribution >= 0.6 is 11.6 Å². The maximum atomic E-state index is 6.25. The Hall–Kier alpha value is 0.0300. The molecule has 0 saturated heterocycles. The Labute approximate surface area is 114 Å². The number of rotatable bonds is 13. The molecule has 0 rings (SSSR count). The SMILES string of the molecule is C=CCCCCCCCCCC(Cl)CCCC. The molecule has 1 unspecified atom stereocenters. The molecule has 1 atom stereocenters. The first-order chi connectivity index (χ1) is 8.31. The molecule has 0 bridgehead atoms. The zero-order valence-corrected chi connectivity index (χ0v) is 12.5. The Bertz CT molecular complexity index is 154. The van der Waals surface area contributed by atoms with Crippen molar-refractivity contribution in [3.8, 4) is 0 Å². The molecular formula is C16H31Cl. The molecule has 0 aliphatic heterocycles. The van der Waals surface area contributed by atoms with Crippen molar-refractivity contribution >= 4 is 11.6 Å². The van der Waals surface area contributed by atoms with Crippen LogP contribution in [0, 0.1) is 0 Å². The van der Waals surface area contributed by atoms with Crippen molar-refractivity contribution in [3.05, 3.63) is 12.7 Å². The van der Waals surface area contributed by atoms with Gasteiger partial charge in [0.25, 0.3) is 0 Å². The molecule has 102 valence electrons. The summed E-state index contributed by atoms with van der Waals surface area (Å²) in [7, 11) is 0. The van der Waals surface area contributed by atoms with Gasteiger partial charge in [-0.15, -0.1) is 18.2 Å². The van der Waals surface area contributed by atoms with Crippen LogP contribution in [0.25, 0.3) is 0 Å². The summed E-state index contributed by atoms with van der Waals surface area (Å²) in [6.07, 6.45) is 17.8. The van der Waals surface area contributed by atoms with E-state index in [1.54, 1.807) is 0 Å². The fourth-order valence-corrected chi connectivity index (χ4v) is 2.42. The van der Waals surface area contributed by atoms with E-state index in [2.05, 4.69) is 13.5 Å². The molecule has 0 fully saturated rings. The number of hydrogen-bond acceptors (Lipinski definition) is 0. The highest BCUT2D eigenvalue weighted by Gasteiger charge is 2.02. The maximum absolute atomic E-state index is 6.25. The lowest BCUT2D eigenvalue weighted by Crippen LogP contribution is -1.97. The van der Waals surface area contributed by atoms with E-state index >= 15 is 0 Å². The van der Waals surface area contributed by atoms with Gasteiger partial charge in [-0.1, -0.05) is 64.4 Å². The predicted octanol–water partition coefficient (Wildman–Crippen LogP) is 6.48. The van der Waals surface area contributed by atoms with Gasteiger partial charge in [-0.05, 0) is 25.7 Å². The lowest BCUT2D eigenvalue weighted by atomic mass is 10.0. The third-order valence-electron chi connectivity index (χ3n) is 3.30. The van der Waals surface area contributed by atoms with Gasteiger partial charge in [0.2, 0.25) is 0 Å². The van der Waals surface area contributed by atoms with Crippen molar-refractivity contribution in [1.82, 2.24) is 0 Å². The molecule has 0 heterocycles. The second kappa shape index (κ2) is 14.1. The van der Waals surface area contributed by atoms with Crippen molar-refractivity contribution in [2.24, 2.45) is 0 Å². The highest BCUT2D eigenvalue weighted by Crippen LogP contribution is 2.16. The highest BCUT2D eigenvalue weighted by atomic mass is 35.5. The van der Waals surface area contributed by atoms with E-state index in [-0.39, 0.29) is 0 Å². The van der Waals surface area contributed by atoms with Crippen molar-refractivity contribution in [2.75, 3.05) is 0 Å². The number of halogens is 1. The van der Waals surface area contributed by atoms with E-state index in [9.17, 15) is 0 Å². The minimum Gasteiger partial charge on any atom is -0.123 e. The molecule has 0 aliphatic carbocycles. The fraction of sp³-hybridized carbons (Fsp3) is 0.875. The summed E-state index contributed by atoms with van der Waals surface area (Å²) in [6.45, 7) is 5.98. The molecule has 0 nitrogen and oxygen atoms in total. The molecule has 0 aliphatic rings. The Morgan fingerprint density at radius 2 is 1.41 bits per heavy atom. The van der Waals surface area contributed by atoms with E-state index in [1.165, 1.54) is 77.0 Å². The van der Waals surface area contributed by atoms with E-state index in [0.29, 0.717) is 5.38 Å². The molecule has 0 N–H and O–H groups in total. The first-order valence-electron chi connectivity index (χ1n) is 7.56. The van der Waals surface area contributed by atoms with Crippen LogP contribution in [0.15, 0.2) is 12.7 Å². The molecule has 0 aromatic carbocycles. The van der Waals surface area contributed by atoms with Crippen LogP contribution in [-0.2, 0) is 0 Å². The topological polar surface area (TPSA) is 0 Å². The first-order valence-corrected chi connectivity index (χ1v) is 7.99. The molecule has 0 saturated carbocycles. The maximum Gasteiger partial charge on any atom is 0.0336 e.